The van der Waals surface area contributed by atoms with Crippen molar-refractivity contribution in [3.63, 3.8) is 0 Å². The molecule has 0 heterocycles. The first-order valence-electron chi connectivity index (χ1n) is 6.62. The molecule has 1 aromatic carbocycles. The fourth-order valence-electron chi connectivity index (χ4n) is 1.72. The van der Waals surface area contributed by atoms with E-state index in [0.29, 0.717) is 19.5 Å². The molecule has 1 unspecified atom stereocenters. The van der Waals surface area contributed by atoms with Crippen molar-refractivity contribution in [1.82, 2.24) is 4.90 Å². The number of benzene rings is 1. The number of rotatable bonds is 7. The Labute approximate surface area is 133 Å². The maximum absolute atomic E-state index is 12.1. The summed E-state index contributed by atoms with van der Waals surface area (Å²) in [6, 6.07) is 10.2. The van der Waals surface area contributed by atoms with Crippen LogP contribution in [-0.2, 0) is 4.79 Å². The van der Waals surface area contributed by atoms with Gasteiger partial charge in [0.05, 0.1) is 12.0 Å². The van der Waals surface area contributed by atoms with Gasteiger partial charge in [-0.2, -0.15) is 5.26 Å². The molecule has 1 rings (SSSR count). The molecular formula is C15H19BrN2OS. The summed E-state index contributed by atoms with van der Waals surface area (Å²) in [5, 5.41) is 8.81. The predicted octanol–water partition coefficient (Wildman–Crippen LogP) is 3.94. The highest BCUT2D eigenvalue weighted by Crippen LogP contribution is 2.21. The first-order valence-corrected chi connectivity index (χ1v) is 8.40. The molecule has 0 radical (unpaired) electrons. The molecule has 5 heteroatoms. The molecule has 1 aromatic rings. The van der Waals surface area contributed by atoms with Crippen molar-refractivity contribution in [2.75, 3.05) is 18.8 Å². The van der Waals surface area contributed by atoms with Gasteiger partial charge in [0.2, 0.25) is 5.91 Å². The van der Waals surface area contributed by atoms with Crippen LogP contribution in [0.5, 0.6) is 0 Å². The number of nitriles is 1. The van der Waals surface area contributed by atoms with Crippen molar-refractivity contribution < 1.29 is 4.79 Å². The van der Waals surface area contributed by atoms with Gasteiger partial charge < -0.3 is 4.90 Å². The van der Waals surface area contributed by atoms with Crippen molar-refractivity contribution >= 4 is 33.6 Å². The van der Waals surface area contributed by atoms with Gasteiger partial charge in [0.1, 0.15) is 0 Å². The fourth-order valence-corrected chi connectivity index (χ4v) is 2.83. The van der Waals surface area contributed by atoms with Crippen LogP contribution in [0.4, 0.5) is 0 Å². The van der Waals surface area contributed by atoms with Crippen LogP contribution < -0.4 is 0 Å². The smallest absolute Gasteiger partial charge is 0.223 e. The number of hydrogen-bond donors (Lipinski definition) is 0. The second kappa shape index (κ2) is 9.04. The van der Waals surface area contributed by atoms with Gasteiger partial charge in [0.15, 0.2) is 0 Å². The summed E-state index contributed by atoms with van der Waals surface area (Å²) < 4.78 is 1.06. The number of thioether (sulfide) groups is 1. The van der Waals surface area contributed by atoms with Crippen molar-refractivity contribution in [3.8, 4) is 6.07 Å². The molecule has 0 aliphatic rings. The predicted molar refractivity (Wildman–Crippen MR) is 86.5 cm³/mol. The van der Waals surface area contributed by atoms with Gasteiger partial charge >= 0.3 is 0 Å². The summed E-state index contributed by atoms with van der Waals surface area (Å²) in [4.78, 5) is 15.0. The van der Waals surface area contributed by atoms with Crippen molar-refractivity contribution in [2.45, 2.75) is 25.2 Å². The molecule has 0 aliphatic carbocycles. The number of nitrogens with zero attached hydrogens (tertiary/aromatic N) is 2. The first kappa shape index (κ1) is 17.1. The van der Waals surface area contributed by atoms with Crippen LogP contribution in [0.1, 0.15) is 20.3 Å². The van der Waals surface area contributed by atoms with Crippen LogP contribution in [0.15, 0.2) is 33.6 Å². The van der Waals surface area contributed by atoms with Crippen LogP contribution >= 0.6 is 27.7 Å². The molecule has 0 spiro atoms. The summed E-state index contributed by atoms with van der Waals surface area (Å²) in [5.41, 5.74) is 0. The molecule has 0 fully saturated rings. The summed E-state index contributed by atoms with van der Waals surface area (Å²) in [6.45, 7) is 4.97. The van der Waals surface area contributed by atoms with Gasteiger partial charge in [-0.15, -0.1) is 11.8 Å². The van der Waals surface area contributed by atoms with Gasteiger partial charge in [0.25, 0.3) is 0 Å². The van der Waals surface area contributed by atoms with Gasteiger partial charge in [-0.1, -0.05) is 15.9 Å². The van der Waals surface area contributed by atoms with E-state index in [-0.39, 0.29) is 11.8 Å². The van der Waals surface area contributed by atoms with E-state index in [2.05, 4.69) is 22.0 Å². The monoisotopic (exact) mass is 354 g/mol. The third kappa shape index (κ3) is 5.98. The highest BCUT2D eigenvalue weighted by atomic mass is 79.9. The summed E-state index contributed by atoms with van der Waals surface area (Å²) in [7, 11) is 0. The SMILES string of the molecule is CCN(CC(C)C#N)C(=O)CCSc1ccc(Br)cc1. The first-order chi connectivity index (χ1) is 9.56. The van der Waals surface area contributed by atoms with Gasteiger partial charge in [-0.05, 0) is 38.1 Å². The highest BCUT2D eigenvalue weighted by Gasteiger charge is 2.14. The number of hydrogen-bond acceptors (Lipinski definition) is 3. The second-order valence-corrected chi connectivity index (χ2v) is 6.60. The lowest BCUT2D eigenvalue weighted by Gasteiger charge is -2.21. The average molecular weight is 355 g/mol. The molecule has 0 saturated heterocycles. The molecule has 108 valence electrons. The molecule has 1 atom stereocenters. The standard InChI is InChI=1S/C15H19BrN2OS/c1-3-18(11-12(2)10-17)15(19)8-9-20-14-6-4-13(16)5-7-14/h4-7,12H,3,8-9,11H2,1-2H3. The molecule has 1 amide bonds. The Balaban J connectivity index is 2.38. The average Bonchev–Trinajstić information content (AvgIpc) is 2.46. The number of halogens is 1. The summed E-state index contributed by atoms with van der Waals surface area (Å²) >= 11 is 5.08. The van der Waals surface area contributed by atoms with Gasteiger partial charge in [-0.3, -0.25) is 4.79 Å². The topological polar surface area (TPSA) is 44.1 Å². The zero-order valence-corrected chi connectivity index (χ0v) is 14.2. The second-order valence-electron chi connectivity index (χ2n) is 4.51. The van der Waals surface area contributed by atoms with E-state index in [1.54, 1.807) is 16.7 Å². The Morgan fingerprint density at radius 1 is 1.45 bits per heavy atom. The van der Waals surface area contributed by atoms with E-state index in [0.717, 1.165) is 15.1 Å². The Morgan fingerprint density at radius 3 is 2.65 bits per heavy atom. The zero-order chi connectivity index (χ0) is 15.0. The lowest BCUT2D eigenvalue weighted by Crippen LogP contribution is -2.34. The van der Waals surface area contributed by atoms with E-state index in [4.69, 9.17) is 5.26 Å². The fraction of sp³-hybridized carbons (Fsp3) is 0.467. The van der Waals surface area contributed by atoms with E-state index in [1.807, 2.05) is 38.1 Å². The third-order valence-corrected chi connectivity index (χ3v) is 4.39. The zero-order valence-electron chi connectivity index (χ0n) is 11.8. The van der Waals surface area contributed by atoms with Crippen LogP contribution in [0.2, 0.25) is 0 Å². The van der Waals surface area contributed by atoms with Crippen molar-refractivity contribution in [3.05, 3.63) is 28.7 Å². The number of amides is 1. The van der Waals surface area contributed by atoms with E-state index >= 15 is 0 Å². The maximum atomic E-state index is 12.1. The maximum Gasteiger partial charge on any atom is 0.223 e. The third-order valence-electron chi connectivity index (χ3n) is 2.85. The van der Waals surface area contributed by atoms with E-state index in [1.165, 1.54) is 0 Å². The Morgan fingerprint density at radius 2 is 2.10 bits per heavy atom. The van der Waals surface area contributed by atoms with E-state index < -0.39 is 0 Å². The molecule has 20 heavy (non-hydrogen) atoms. The molecule has 0 saturated carbocycles. The minimum absolute atomic E-state index is 0.113. The molecule has 0 aromatic heterocycles. The number of carbonyl (C=O) groups is 1. The lowest BCUT2D eigenvalue weighted by atomic mass is 10.2. The van der Waals surface area contributed by atoms with Crippen LogP contribution in [0.25, 0.3) is 0 Å². The van der Waals surface area contributed by atoms with Crippen molar-refractivity contribution in [2.24, 2.45) is 5.92 Å². The summed E-state index contributed by atoms with van der Waals surface area (Å²) in [6.07, 6.45) is 0.507. The van der Waals surface area contributed by atoms with Crippen LogP contribution in [0.3, 0.4) is 0 Å². The number of carbonyl (C=O) groups excluding carboxylic acids is 1. The largest absolute Gasteiger partial charge is 0.342 e. The van der Waals surface area contributed by atoms with E-state index in [9.17, 15) is 4.79 Å². The Bertz CT molecular complexity index is 470. The van der Waals surface area contributed by atoms with Gasteiger partial charge in [0, 0.05) is 34.6 Å². The minimum atomic E-state index is -0.113. The van der Waals surface area contributed by atoms with Crippen LogP contribution in [0, 0.1) is 17.2 Å². The Kier molecular flexibility index (Phi) is 7.71. The van der Waals surface area contributed by atoms with Gasteiger partial charge in [-0.25, -0.2) is 0 Å². The molecule has 0 aliphatic heterocycles. The molecule has 0 bridgehead atoms. The minimum Gasteiger partial charge on any atom is -0.342 e. The molecule has 0 N–H and O–H groups in total. The Hall–Kier alpha value is -0.990. The quantitative estimate of drug-likeness (QED) is 0.696. The van der Waals surface area contributed by atoms with Crippen LogP contribution in [-0.4, -0.2) is 29.6 Å². The molecule has 3 nitrogen and oxygen atoms in total. The van der Waals surface area contributed by atoms with Crippen molar-refractivity contribution in [1.29, 1.82) is 5.26 Å². The normalized spacial score (nSPS) is 11.7. The molecular weight excluding hydrogens is 336 g/mol. The highest BCUT2D eigenvalue weighted by molar-refractivity contribution is 9.10. The summed E-state index contributed by atoms with van der Waals surface area (Å²) in [5.74, 6) is 0.773. The lowest BCUT2D eigenvalue weighted by molar-refractivity contribution is -0.130.